The summed E-state index contributed by atoms with van der Waals surface area (Å²) in [5.41, 5.74) is 3.31. The van der Waals surface area contributed by atoms with Gasteiger partial charge in [0.1, 0.15) is 6.61 Å². The lowest BCUT2D eigenvalue weighted by Crippen LogP contribution is -2.48. The summed E-state index contributed by atoms with van der Waals surface area (Å²) in [5, 5.41) is 2.88. The van der Waals surface area contributed by atoms with E-state index in [-0.39, 0.29) is 30.6 Å². The van der Waals surface area contributed by atoms with Crippen LogP contribution in [-0.4, -0.2) is 37.2 Å². The SMILES string of the molecule is CCOC(=O)C1=C(COc2ccccc2F)N(C)C(=O)N[C@H]1c1cc(C)ccc1C. The Hall–Kier alpha value is -3.35. The van der Waals surface area contributed by atoms with Gasteiger partial charge >= 0.3 is 12.0 Å². The first kappa shape index (κ1) is 21.4. The number of benzene rings is 2. The highest BCUT2D eigenvalue weighted by Crippen LogP contribution is 2.33. The summed E-state index contributed by atoms with van der Waals surface area (Å²) in [6.07, 6.45) is 0. The number of hydrogen-bond acceptors (Lipinski definition) is 4. The molecule has 0 radical (unpaired) electrons. The number of carbonyl (C=O) groups is 2. The summed E-state index contributed by atoms with van der Waals surface area (Å²) < 4.78 is 24.9. The molecule has 6 nitrogen and oxygen atoms in total. The van der Waals surface area contributed by atoms with Crippen LogP contribution < -0.4 is 10.1 Å². The molecule has 0 fully saturated rings. The molecule has 0 bridgehead atoms. The Labute approximate surface area is 175 Å². The van der Waals surface area contributed by atoms with Crippen molar-refractivity contribution >= 4 is 12.0 Å². The van der Waals surface area contributed by atoms with Gasteiger partial charge in [-0.15, -0.1) is 0 Å². The number of likely N-dealkylation sites (N-methyl/N-ethyl adjacent to an activating group) is 1. The van der Waals surface area contributed by atoms with Crippen LogP contribution in [-0.2, 0) is 9.53 Å². The van der Waals surface area contributed by atoms with Gasteiger partial charge in [0.25, 0.3) is 0 Å². The maximum Gasteiger partial charge on any atom is 0.338 e. The summed E-state index contributed by atoms with van der Waals surface area (Å²) in [6, 6.07) is 10.7. The predicted molar refractivity (Wildman–Crippen MR) is 111 cm³/mol. The summed E-state index contributed by atoms with van der Waals surface area (Å²) >= 11 is 0. The van der Waals surface area contributed by atoms with Gasteiger partial charge in [-0.05, 0) is 44.0 Å². The van der Waals surface area contributed by atoms with Crippen molar-refractivity contribution in [2.24, 2.45) is 0 Å². The van der Waals surface area contributed by atoms with Crippen LogP contribution in [0, 0.1) is 19.7 Å². The highest BCUT2D eigenvalue weighted by Gasteiger charge is 2.37. The molecular weight excluding hydrogens is 387 g/mol. The highest BCUT2D eigenvalue weighted by atomic mass is 19.1. The Kier molecular flexibility index (Phi) is 6.40. The van der Waals surface area contributed by atoms with Crippen LogP contribution in [0.2, 0.25) is 0 Å². The molecule has 0 saturated heterocycles. The topological polar surface area (TPSA) is 67.9 Å². The lowest BCUT2D eigenvalue weighted by atomic mass is 9.90. The van der Waals surface area contributed by atoms with Crippen LogP contribution in [0.3, 0.4) is 0 Å². The van der Waals surface area contributed by atoms with Gasteiger partial charge in [0.05, 0.1) is 23.9 Å². The smallest absolute Gasteiger partial charge is 0.338 e. The minimum absolute atomic E-state index is 0.0378. The fraction of sp³-hybridized carbons (Fsp3) is 0.304. The summed E-state index contributed by atoms with van der Waals surface area (Å²) in [4.78, 5) is 26.9. The van der Waals surface area contributed by atoms with Crippen LogP contribution in [0.25, 0.3) is 0 Å². The summed E-state index contributed by atoms with van der Waals surface area (Å²) in [7, 11) is 1.54. The number of para-hydroxylation sites is 1. The number of rotatable bonds is 6. The first-order chi connectivity index (χ1) is 14.3. The fourth-order valence-electron chi connectivity index (χ4n) is 3.39. The number of hydrogen-bond donors (Lipinski definition) is 1. The number of carbonyl (C=O) groups excluding carboxylic acids is 2. The first-order valence-electron chi connectivity index (χ1n) is 9.72. The predicted octanol–water partition coefficient (Wildman–Crippen LogP) is 4.03. The zero-order valence-electron chi connectivity index (χ0n) is 17.5. The molecule has 0 unspecified atom stereocenters. The number of aryl methyl sites for hydroxylation is 2. The van der Waals surface area contributed by atoms with E-state index in [9.17, 15) is 14.0 Å². The zero-order chi connectivity index (χ0) is 21.8. The molecule has 0 spiro atoms. The maximum atomic E-state index is 14.0. The quantitative estimate of drug-likeness (QED) is 0.728. The van der Waals surface area contributed by atoms with Crippen LogP contribution in [0.15, 0.2) is 53.7 Å². The minimum Gasteiger partial charge on any atom is -0.484 e. The third-order valence-corrected chi connectivity index (χ3v) is 5.02. The zero-order valence-corrected chi connectivity index (χ0v) is 17.5. The van der Waals surface area contributed by atoms with Crippen LogP contribution in [0.4, 0.5) is 9.18 Å². The van der Waals surface area contributed by atoms with E-state index in [0.717, 1.165) is 16.7 Å². The summed E-state index contributed by atoms with van der Waals surface area (Å²) in [6.45, 7) is 5.58. The molecule has 0 aromatic heterocycles. The number of nitrogens with zero attached hydrogens (tertiary/aromatic N) is 1. The van der Waals surface area contributed by atoms with E-state index in [2.05, 4.69) is 5.32 Å². The number of ether oxygens (including phenoxy) is 2. The number of nitrogens with one attached hydrogen (secondary N) is 1. The Morgan fingerprint density at radius 1 is 1.20 bits per heavy atom. The largest absolute Gasteiger partial charge is 0.484 e. The van der Waals surface area contributed by atoms with Crippen molar-refractivity contribution in [3.05, 3.63) is 76.2 Å². The Morgan fingerprint density at radius 2 is 1.93 bits per heavy atom. The van der Waals surface area contributed by atoms with Gasteiger partial charge in [-0.25, -0.2) is 14.0 Å². The summed E-state index contributed by atoms with van der Waals surface area (Å²) in [5.74, 6) is -1.04. The monoisotopic (exact) mass is 412 g/mol. The molecule has 1 N–H and O–H groups in total. The lowest BCUT2D eigenvalue weighted by Gasteiger charge is -2.35. The lowest BCUT2D eigenvalue weighted by molar-refractivity contribution is -0.139. The molecule has 2 amide bonds. The molecule has 1 aliphatic rings. The number of esters is 1. The number of urea groups is 1. The normalized spacial score (nSPS) is 16.4. The molecular formula is C23H25FN2O4. The van der Waals surface area contributed by atoms with Crippen molar-refractivity contribution in [1.29, 1.82) is 0 Å². The van der Waals surface area contributed by atoms with E-state index in [1.165, 1.54) is 24.1 Å². The van der Waals surface area contributed by atoms with Gasteiger partial charge < -0.3 is 14.8 Å². The van der Waals surface area contributed by atoms with Gasteiger partial charge in [-0.1, -0.05) is 35.9 Å². The van der Waals surface area contributed by atoms with Crippen LogP contribution in [0.1, 0.15) is 29.7 Å². The molecule has 1 heterocycles. The molecule has 1 atom stereocenters. The fourth-order valence-corrected chi connectivity index (χ4v) is 3.39. The molecule has 3 rings (SSSR count). The second-order valence-electron chi connectivity index (χ2n) is 7.10. The van der Waals surface area contributed by atoms with Gasteiger partial charge in [0.15, 0.2) is 11.6 Å². The minimum atomic E-state index is -0.702. The second kappa shape index (κ2) is 8.98. The molecule has 158 valence electrons. The third kappa shape index (κ3) is 4.30. The van der Waals surface area contributed by atoms with E-state index in [1.807, 2.05) is 32.0 Å². The molecule has 0 aliphatic carbocycles. The third-order valence-electron chi connectivity index (χ3n) is 5.02. The standard InChI is InChI=1S/C23H25FN2O4/c1-5-29-22(27)20-18(13-30-19-9-7-6-8-17(19)24)26(4)23(28)25-21(20)16-12-14(2)10-11-15(16)3/h6-12,21H,5,13H2,1-4H3,(H,25,28)/t21-/m0/s1. The van der Waals surface area contributed by atoms with Gasteiger partial charge in [0.2, 0.25) is 0 Å². The van der Waals surface area contributed by atoms with Crippen molar-refractivity contribution in [3.8, 4) is 5.75 Å². The van der Waals surface area contributed by atoms with Crippen LogP contribution >= 0.6 is 0 Å². The second-order valence-corrected chi connectivity index (χ2v) is 7.10. The number of amides is 2. The maximum absolute atomic E-state index is 14.0. The van der Waals surface area contributed by atoms with E-state index in [0.29, 0.717) is 5.70 Å². The van der Waals surface area contributed by atoms with Crippen molar-refractivity contribution < 1.29 is 23.5 Å². The molecule has 7 heteroatoms. The molecule has 30 heavy (non-hydrogen) atoms. The van der Waals surface area contributed by atoms with E-state index < -0.39 is 17.8 Å². The average molecular weight is 412 g/mol. The first-order valence-corrected chi connectivity index (χ1v) is 9.72. The molecule has 1 aliphatic heterocycles. The van der Waals surface area contributed by atoms with Gasteiger partial charge in [-0.3, -0.25) is 4.90 Å². The average Bonchev–Trinajstić information content (AvgIpc) is 2.71. The Bertz CT molecular complexity index is 1000. The van der Waals surface area contributed by atoms with Crippen LogP contribution in [0.5, 0.6) is 5.75 Å². The van der Waals surface area contributed by atoms with Crippen molar-refractivity contribution in [3.63, 3.8) is 0 Å². The molecule has 2 aromatic rings. The van der Waals surface area contributed by atoms with E-state index in [4.69, 9.17) is 9.47 Å². The van der Waals surface area contributed by atoms with Gasteiger partial charge in [0, 0.05) is 7.05 Å². The Balaban J connectivity index is 2.09. The van der Waals surface area contributed by atoms with Crippen molar-refractivity contribution in [1.82, 2.24) is 10.2 Å². The highest BCUT2D eigenvalue weighted by molar-refractivity contribution is 5.95. The number of halogens is 1. The van der Waals surface area contributed by atoms with E-state index >= 15 is 0 Å². The Morgan fingerprint density at radius 3 is 2.63 bits per heavy atom. The van der Waals surface area contributed by atoms with Crippen molar-refractivity contribution in [2.75, 3.05) is 20.3 Å². The van der Waals surface area contributed by atoms with Gasteiger partial charge in [-0.2, -0.15) is 0 Å². The van der Waals surface area contributed by atoms with E-state index in [1.54, 1.807) is 19.1 Å². The molecule has 2 aromatic carbocycles. The van der Waals surface area contributed by atoms with Crippen molar-refractivity contribution in [2.45, 2.75) is 26.8 Å². The molecule has 0 saturated carbocycles.